The number of Topliss-reactive ketones (excluding diaryl/α,β-unsaturated/α-hetero) is 1. The second-order valence-corrected chi connectivity index (χ2v) is 7.25. The summed E-state index contributed by atoms with van der Waals surface area (Å²) in [4.78, 5) is 25.8. The van der Waals surface area contributed by atoms with E-state index in [1.165, 1.54) is 0 Å². The SMILES string of the molecule is CC[C@H](C1OC(=O)C([C@H](CC)c2ccccc2)=C(O)C1=O)[C@H](O)c1ccccc1. The predicted molar refractivity (Wildman–Crippen MR) is 109 cm³/mol. The maximum Gasteiger partial charge on any atom is 0.339 e. The largest absolute Gasteiger partial charge is 0.504 e. The van der Waals surface area contributed by atoms with Crippen LogP contribution in [0.1, 0.15) is 49.8 Å². The average molecular weight is 394 g/mol. The minimum Gasteiger partial charge on any atom is -0.504 e. The van der Waals surface area contributed by atoms with Gasteiger partial charge in [0, 0.05) is 11.8 Å². The average Bonchev–Trinajstić information content (AvgIpc) is 2.76. The maximum absolute atomic E-state index is 13.0. The van der Waals surface area contributed by atoms with Crippen LogP contribution in [0, 0.1) is 5.92 Å². The predicted octanol–water partition coefficient (Wildman–Crippen LogP) is 4.25. The highest BCUT2D eigenvalue weighted by atomic mass is 16.6. The fraction of sp³-hybridized carbons (Fsp3) is 0.333. The van der Waals surface area contributed by atoms with Crippen LogP contribution in [-0.4, -0.2) is 28.1 Å². The monoisotopic (exact) mass is 394 g/mol. The van der Waals surface area contributed by atoms with E-state index in [1.54, 1.807) is 24.3 Å². The van der Waals surface area contributed by atoms with Crippen LogP contribution in [0.2, 0.25) is 0 Å². The minimum atomic E-state index is -1.22. The van der Waals surface area contributed by atoms with Crippen molar-refractivity contribution in [1.29, 1.82) is 0 Å². The van der Waals surface area contributed by atoms with Gasteiger partial charge in [0.15, 0.2) is 11.9 Å². The first-order valence-corrected chi connectivity index (χ1v) is 9.95. The number of carbonyl (C=O) groups excluding carboxylic acids is 2. The van der Waals surface area contributed by atoms with Crippen LogP contribution in [0.3, 0.4) is 0 Å². The van der Waals surface area contributed by atoms with Crippen molar-refractivity contribution in [3.05, 3.63) is 83.1 Å². The van der Waals surface area contributed by atoms with E-state index in [2.05, 4.69) is 0 Å². The van der Waals surface area contributed by atoms with E-state index in [1.807, 2.05) is 50.2 Å². The zero-order valence-corrected chi connectivity index (χ0v) is 16.6. The first kappa shape index (κ1) is 20.8. The number of hydrogen-bond donors (Lipinski definition) is 2. The van der Waals surface area contributed by atoms with Crippen LogP contribution < -0.4 is 0 Å². The van der Waals surface area contributed by atoms with Crippen molar-refractivity contribution in [2.24, 2.45) is 5.92 Å². The zero-order chi connectivity index (χ0) is 21.0. The Balaban J connectivity index is 1.94. The number of aliphatic hydroxyl groups excluding tert-OH is 2. The van der Waals surface area contributed by atoms with Crippen molar-refractivity contribution in [3.8, 4) is 0 Å². The molecule has 29 heavy (non-hydrogen) atoms. The van der Waals surface area contributed by atoms with E-state index in [9.17, 15) is 19.8 Å². The molecule has 0 aliphatic carbocycles. The Hall–Kier alpha value is -2.92. The molecule has 5 heteroatoms. The van der Waals surface area contributed by atoms with Crippen molar-refractivity contribution in [1.82, 2.24) is 0 Å². The number of ether oxygens (including phenoxy) is 1. The summed E-state index contributed by atoms with van der Waals surface area (Å²) in [6.45, 7) is 3.70. The molecule has 0 bridgehead atoms. The van der Waals surface area contributed by atoms with Crippen LogP contribution >= 0.6 is 0 Å². The number of esters is 1. The summed E-state index contributed by atoms with van der Waals surface area (Å²) < 4.78 is 5.52. The molecule has 0 spiro atoms. The summed E-state index contributed by atoms with van der Waals surface area (Å²) in [5.74, 6) is -3.01. The lowest BCUT2D eigenvalue weighted by molar-refractivity contribution is -0.161. The lowest BCUT2D eigenvalue weighted by atomic mass is 9.81. The topological polar surface area (TPSA) is 83.8 Å². The van der Waals surface area contributed by atoms with Gasteiger partial charge < -0.3 is 14.9 Å². The maximum atomic E-state index is 13.0. The molecule has 0 radical (unpaired) electrons. The van der Waals surface area contributed by atoms with Gasteiger partial charge in [0.05, 0.1) is 11.7 Å². The molecule has 2 aromatic rings. The number of benzene rings is 2. The molecule has 0 saturated carbocycles. The third-order valence-electron chi connectivity index (χ3n) is 5.57. The van der Waals surface area contributed by atoms with Crippen LogP contribution in [0.15, 0.2) is 72.0 Å². The summed E-state index contributed by atoms with van der Waals surface area (Å²) in [6.07, 6.45) is -1.29. The number of aliphatic hydroxyl groups is 2. The van der Waals surface area contributed by atoms with Crippen molar-refractivity contribution in [2.45, 2.75) is 44.8 Å². The Kier molecular flexibility index (Phi) is 6.49. The van der Waals surface area contributed by atoms with Gasteiger partial charge in [-0.25, -0.2) is 4.79 Å². The third-order valence-corrected chi connectivity index (χ3v) is 5.57. The van der Waals surface area contributed by atoms with E-state index in [0.717, 1.165) is 5.56 Å². The Morgan fingerprint density at radius 2 is 1.45 bits per heavy atom. The second kappa shape index (κ2) is 9.05. The van der Waals surface area contributed by atoms with E-state index in [-0.39, 0.29) is 5.57 Å². The Morgan fingerprint density at radius 1 is 0.897 bits per heavy atom. The summed E-state index contributed by atoms with van der Waals surface area (Å²) in [5, 5.41) is 21.5. The summed E-state index contributed by atoms with van der Waals surface area (Å²) in [7, 11) is 0. The van der Waals surface area contributed by atoms with Gasteiger partial charge in [0.25, 0.3) is 0 Å². The molecule has 1 aliphatic rings. The highest BCUT2D eigenvalue weighted by Gasteiger charge is 2.45. The van der Waals surface area contributed by atoms with E-state index in [4.69, 9.17) is 4.74 Å². The standard InChI is InChI=1S/C24H26O5/c1-3-17(15-11-7-5-8-12-15)19-21(26)22(27)23(29-24(19)28)18(4-2)20(25)16-13-9-6-10-14-16/h5-14,17-18,20,23,25-26H,3-4H2,1-2H3/t17-,18+,20-,23?/m1/s1. The third kappa shape index (κ3) is 4.10. The summed E-state index contributed by atoms with van der Waals surface area (Å²) in [6, 6.07) is 18.2. The number of cyclic esters (lactones) is 1. The Labute approximate surface area is 170 Å². The van der Waals surface area contributed by atoms with Gasteiger partial charge in [-0.2, -0.15) is 0 Å². The van der Waals surface area contributed by atoms with Gasteiger partial charge in [-0.05, 0) is 24.0 Å². The molecule has 1 aliphatic heterocycles. The van der Waals surface area contributed by atoms with Crippen LogP contribution in [0.5, 0.6) is 0 Å². The van der Waals surface area contributed by atoms with Gasteiger partial charge >= 0.3 is 5.97 Å². The molecule has 5 nitrogen and oxygen atoms in total. The molecule has 0 saturated heterocycles. The Bertz CT molecular complexity index is 888. The van der Waals surface area contributed by atoms with Gasteiger partial charge in [-0.15, -0.1) is 0 Å². The number of carbonyl (C=O) groups is 2. The number of rotatable bonds is 7. The normalized spacial score (nSPS) is 20.2. The second-order valence-electron chi connectivity index (χ2n) is 7.25. The van der Waals surface area contributed by atoms with Gasteiger partial charge in [0.1, 0.15) is 0 Å². The summed E-state index contributed by atoms with van der Waals surface area (Å²) >= 11 is 0. The fourth-order valence-corrected chi connectivity index (χ4v) is 3.98. The molecule has 0 amide bonds. The zero-order valence-electron chi connectivity index (χ0n) is 16.6. The number of ketones is 1. The molecule has 4 atom stereocenters. The quantitative estimate of drug-likeness (QED) is 0.686. The fourth-order valence-electron chi connectivity index (χ4n) is 3.98. The lowest BCUT2D eigenvalue weighted by Crippen LogP contribution is -2.43. The van der Waals surface area contributed by atoms with Crippen molar-refractivity contribution in [2.75, 3.05) is 0 Å². The van der Waals surface area contributed by atoms with Crippen LogP contribution in [0.25, 0.3) is 0 Å². The van der Waals surface area contributed by atoms with Crippen LogP contribution in [0.4, 0.5) is 0 Å². The van der Waals surface area contributed by atoms with Crippen molar-refractivity contribution in [3.63, 3.8) is 0 Å². The molecular weight excluding hydrogens is 368 g/mol. The molecule has 3 rings (SSSR count). The number of hydrogen-bond acceptors (Lipinski definition) is 5. The molecule has 2 aromatic carbocycles. The van der Waals surface area contributed by atoms with Crippen LogP contribution in [-0.2, 0) is 14.3 Å². The highest BCUT2D eigenvalue weighted by molar-refractivity contribution is 6.09. The Morgan fingerprint density at radius 3 is 1.97 bits per heavy atom. The molecule has 1 heterocycles. The van der Waals surface area contributed by atoms with E-state index >= 15 is 0 Å². The van der Waals surface area contributed by atoms with Crippen molar-refractivity contribution >= 4 is 11.8 Å². The molecule has 1 unspecified atom stereocenters. The smallest absolute Gasteiger partial charge is 0.339 e. The molecule has 152 valence electrons. The van der Waals surface area contributed by atoms with Gasteiger partial charge in [0.2, 0.25) is 5.78 Å². The van der Waals surface area contributed by atoms with Gasteiger partial charge in [-0.1, -0.05) is 74.5 Å². The molecule has 0 fully saturated rings. The van der Waals surface area contributed by atoms with E-state index < -0.39 is 41.6 Å². The lowest BCUT2D eigenvalue weighted by Gasteiger charge is -2.33. The summed E-state index contributed by atoms with van der Waals surface area (Å²) in [5.41, 5.74) is 1.45. The minimum absolute atomic E-state index is 0.0102. The van der Waals surface area contributed by atoms with E-state index in [0.29, 0.717) is 18.4 Å². The van der Waals surface area contributed by atoms with Crippen molar-refractivity contribution < 1.29 is 24.5 Å². The highest BCUT2D eigenvalue weighted by Crippen LogP contribution is 2.38. The molecular formula is C24H26O5. The first-order valence-electron chi connectivity index (χ1n) is 9.95. The first-order chi connectivity index (χ1) is 14.0. The molecule has 0 aromatic heterocycles. The van der Waals surface area contributed by atoms with Gasteiger partial charge in [-0.3, -0.25) is 4.79 Å². The molecule has 2 N–H and O–H groups in total.